The Kier molecular flexibility index (Phi) is 4.13. The SMILES string of the molecule is CN1CCOC(c2nc(C(C)(C)C)c(Br)c(=O)[nH]2)C1. The average molecular weight is 330 g/mol. The lowest BCUT2D eigenvalue weighted by Crippen LogP contribution is -2.37. The second-order valence-corrected chi connectivity index (χ2v) is 6.78. The number of nitrogens with zero attached hydrogens (tertiary/aromatic N) is 2. The van der Waals surface area contributed by atoms with Crippen LogP contribution in [-0.2, 0) is 10.2 Å². The maximum absolute atomic E-state index is 12.0. The second kappa shape index (κ2) is 5.34. The van der Waals surface area contributed by atoms with E-state index in [-0.39, 0.29) is 17.1 Å². The van der Waals surface area contributed by atoms with Gasteiger partial charge in [0.05, 0.1) is 12.3 Å². The fourth-order valence-electron chi connectivity index (χ4n) is 2.07. The molecule has 6 heteroatoms. The number of morpholine rings is 1. The quantitative estimate of drug-likeness (QED) is 0.854. The van der Waals surface area contributed by atoms with Gasteiger partial charge in [-0.1, -0.05) is 20.8 Å². The summed E-state index contributed by atoms with van der Waals surface area (Å²) >= 11 is 3.33. The molecule has 1 aliphatic rings. The summed E-state index contributed by atoms with van der Waals surface area (Å²) in [7, 11) is 2.04. The van der Waals surface area contributed by atoms with Crippen LogP contribution in [0.5, 0.6) is 0 Å². The van der Waals surface area contributed by atoms with E-state index >= 15 is 0 Å². The molecule has 0 amide bonds. The van der Waals surface area contributed by atoms with E-state index < -0.39 is 0 Å². The molecule has 19 heavy (non-hydrogen) atoms. The second-order valence-electron chi connectivity index (χ2n) is 5.99. The van der Waals surface area contributed by atoms with E-state index in [1.165, 1.54) is 0 Å². The lowest BCUT2D eigenvalue weighted by molar-refractivity contribution is -0.0258. The zero-order valence-electron chi connectivity index (χ0n) is 11.8. The number of halogens is 1. The van der Waals surface area contributed by atoms with Gasteiger partial charge in [0.2, 0.25) is 0 Å². The largest absolute Gasteiger partial charge is 0.368 e. The Balaban J connectivity index is 2.42. The van der Waals surface area contributed by atoms with Crippen LogP contribution in [0.1, 0.15) is 38.4 Å². The standard InChI is InChI=1S/C13H20BrN3O2/c1-13(2,3)10-9(14)12(18)16-11(15-10)8-7-17(4)5-6-19-8/h8H,5-7H2,1-4H3,(H,15,16,18). The van der Waals surface area contributed by atoms with Gasteiger partial charge in [-0.3, -0.25) is 4.79 Å². The van der Waals surface area contributed by atoms with E-state index in [9.17, 15) is 4.79 Å². The minimum Gasteiger partial charge on any atom is -0.368 e. The monoisotopic (exact) mass is 329 g/mol. The van der Waals surface area contributed by atoms with Crippen LogP contribution in [0.2, 0.25) is 0 Å². The molecule has 106 valence electrons. The van der Waals surface area contributed by atoms with Crippen LogP contribution in [-0.4, -0.2) is 41.6 Å². The molecule has 1 saturated heterocycles. The van der Waals surface area contributed by atoms with Gasteiger partial charge in [-0.15, -0.1) is 0 Å². The first-order valence-corrected chi connectivity index (χ1v) is 7.18. The Morgan fingerprint density at radius 2 is 2.16 bits per heavy atom. The maximum Gasteiger partial charge on any atom is 0.265 e. The van der Waals surface area contributed by atoms with Crippen LogP contribution in [0.25, 0.3) is 0 Å². The molecule has 0 bridgehead atoms. The Morgan fingerprint density at radius 3 is 2.74 bits per heavy atom. The van der Waals surface area contributed by atoms with Crippen molar-refractivity contribution in [3.8, 4) is 0 Å². The van der Waals surface area contributed by atoms with E-state index in [0.29, 0.717) is 16.9 Å². The molecular formula is C13H20BrN3O2. The summed E-state index contributed by atoms with van der Waals surface area (Å²) in [5.41, 5.74) is 0.428. The van der Waals surface area contributed by atoms with Crippen molar-refractivity contribution in [2.45, 2.75) is 32.3 Å². The Morgan fingerprint density at radius 1 is 1.47 bits per heavy atom. The molecule has 1 N–H and O–H groups in total. The number of H-pyrrole nitrogens is 1. The van der Waals surface area contributed by atoms with Gasteiger partial charge in [0.15, 0.2) is 0 Å². The van der Waals surface area contributed by atoms with Crippen molar-refractivity contribution in [2.75, 3.05) is 26.7 Å². The number of nitrogens with one attached hydrogen (secondary N) is 1. The molecule has 0 saturated carbocycles. The zero-order valence-corrected chi connectivity index (χ0v) is 13.4. The number of aromatic nitrogens is 2. The van der Waals surface area contributed by atoms with Gasteiger partial charge in [-0.05, 0) is 23.0 Å². The van der Waals surface area contributed by atoms with Gasteiger partial charge in [0.25, 0.3) is 5.56 Å². The fourth-order valence-corrected chi connectivity index (χ4v) is 2.85. The Bertz CT molecular complexity index is 522. The molecule has 1 unspecified atom stereocenters. The lowest BCUT2D eigenvalue weighted by Gasteiger charge is -2.30. The van der Waals surface area contributed by atoms with Crippen LogP contribution >= 0.6 is 15.9 Å². The molecule has 5 nitrogen and oxygen atoms in total. The van der Waals surface area contributed by atoms with Gasteiger partial charge in [-0.2, -0.15) is 0 Å². The summed E-state index contributed by atoms with van der Waals surface area (Å²) in [5, 5.41) is 0. The van der Waals surface area contributed by atoms with E-state index in [2.05, 4.69) is 30.8 Å². The van der Waals surface area contributed by atoms with Crippen LogP contribution in [0.3, 0.4) is 0 Å². The number of likely N-dealkylation sites (N-methyl/N-ethyl adjacent to an activating group) is 1. The van der Waals surface area contributed by atoms with Crippen LogP contribution < -0.4 is 5.56 Å². The molecule has 1 atom stereocenters. The van der Waals surface area contributed by atoms with Gasteiger partial charge in [-0.25, -0.2) is 4.98 Å². The summed E-state index contributed by atoms with van der Waals surface area (Å²) in [6.45, 7) is 8.43. The number of rotatable bonds is 1. The highest BCUT2D eigenvalue weighted by atomic mass is 79.9. The highest BCUT2D eigenvalue weighted by Gasteiger charge is 2.26. The summed E-state index contributed by atoms with van der Waals surface area (Å²) in [5.74, 6) is 0.615. The third-order valence-electron chi connectivity index (χ3n) is 3.17. The third-order valence-corrected chi connectivity index (χ3v) is 3.90. The number of ether oxygens (including phenoxy) is 1. The number of hydrogen-bond acceptors (Lipinski definition) is 4. The smallest absolute Gasteiger partial charge is 0.265 e. The Hall–Kier alpha value is -0.720. The van der Waals surface area contributed by atoms with E-state index in [1.54, 1.807) is 0 Å². The van der Waals surface area contributed by atoms with Crippen molar-refractivity contribution >= 4 is 15.9 Å². The molecule has 0 aliphatic carbocycles. The minimum absolute atomic E-state index is 0.147. The summed E-state index contributed by atoms with van der Waals surface area (Å²) in [4.78, 5) is 21.6. The molecule has 1 aromatic heterocycles. The van der Waals surface area contributed by atoms with Crippen molar-refractivity contribution < 1.29 is 4.74 Å². The lowest BCUT2D eigenvalue weighted by atomic mass is 9.92. The fraction of sp³-hybridized carbons (Fsp3) is 0.692. The molecule has 0 aromatic carbocycles. The molecule has 1 aromatic rings. The van der Waals surface area contributed by atoms with Crippen molar-refractivity contribution in [3.63, 3.8) is 0 Å². The van der Waals surface area contributed by atoms with E-state index in [1.807, 2.05) is 27.8 Å². The van der Waals surface area contributed by atoms with E-state index in [4.69, 9.17) is 4.74 Å². The first kappa shape index (κ1) is 14.7. The van der Waals surface area contributed by atoms with E-state index in [0.717, 1.165) is 18.8 Å². The average Bonchev–Trinajstić information content (AvgIpc) is 2.31. The molecule has 0 spiro atoms. The molecular weight excluding hydrogens is 310 g/mol. The first-order valence-electron chi connectivity index (χ1n) is 6.39. The highest BCUT2D eigenvalue weighted by molar-refractivity contribution is 9.10. The molecule has 2 heterocycles. The predicted octanol–water partition coefficient (Wildman–Crippen LogP) is 1.83. The summed E-state index contributed by atoms with van der Waals surface area (Å²) < 4.78 is 6.21. The normalized spacial score (nSPS) is 21.6. The van der Waals surface area contributed by atoms with Gasteiger partial charge < -0.3 is 14.6 Å². The first-order chi connectivity index (χ1) is 8.79. The highest BCUT2D eigenvalue weighted by Crippen LogP contribution is 2.27. The van der Waals surface area contributed by atoms with Crippen LogP contribution in [0.4, 0.5) is 0 Å². The van der Waals surface area contributed by atoms with Crippen molar-refractivity contribution in [3.05, 3.63) is 26.3 Å². The van der Waals surface area contributed by atoms with Gasteiger partial charge in [0.1, 0.15) is 16.4 Å². The van der Waals surface area contributed by atoms with Crippen molar-refractivity contribution in [2.24, 2.45) is 0 Å². The number of aromatic amines is 1. The summed E-state index contributed by atoms with van der Waals surface area (Å²) in [6, 6.07) is 0. The molecule has 1 aliphatic heterocycles. The van der Waals surface area contributed by atoms with Crippen molar-refractivity contribution in [1.29, 1.82) is 0 Å². The topological polar surface area (TPSA) is 58.2 Å². The maximum atomic E-state index is 12.0. The summed E-state index contributed by atoms with van der Waals surface area (Å²) in [6.07, 6.45) is -0.166. The third kappa shape index (κ3) is 3.24. The molecule has 1 fully saturated rings. The Labute approximate surface area is 121 Å². The zero-order chi connectivity index (χ0) is 14.2. The molecule has 2 rings (SSSR count). The molecule has 0 radical (unpaired) electrons. The minimum atomic E-state index is -0.192. The van der Waals surface area contributed by atoms with Crippen LogP contribution in [0.15, 0.2) is 9.27 Å². The van der Waals surface area contributed by atoms with Crippen LogP contribution in [0, 0.1) is 0 Å². The van der Waals surface area contributed by atoms with Crippen molar-refractivity contribution in [1.82, 2.24) is 14.9 Å². The predicted molar refractivity (Wildman–Crippen MR) is 77.4 cm³/mol. The number of hydrogen-bond donors (Lipinski definition) is 1. The van der Waals surface area contributed by atoms with Gasteiger partial charge in [0, 0.05) is 18.5 Å². The van der Waals surface area contributed by atoms with Gasteiger partial charge >= 0.3 is 0 Å².